The van der Waals surface area contributed by atoms with E-state index in [1.54, 1.807) is 18.3 Å². The maximum atomic E-state index is 10.3. The minimum atomic E-state index is -0.774. The van der Waals surface area contributed by atoms with Crippen LogP contribution in [0.4, 0.5) is 0 Å². The molecule has 0 fully saturated rings. The summed E-state index contributed by atoms with van der Waals surface area (Å²) in [6.45, 7) is 4.01. The van der Waals surface area contributed by atoms with Crippen LogP contribution in [0.5, 0.6) is 0 Å². The van der Waals surface area contributed by atoms with Crippen molar-refractivity contribution in [3.8, 4) is 0 Å². The molecule has 1 atom stereocenters. The topological polar surface area (TPSA) is 33.1 Å². The average Bonchev–Trinajstić information content (AvgIpc) is 2.32. The number of aliphatic hydroxyl groups excluding tert-OH is 1. The van der Waals surface area contributed by atoms with Gasteiger partial charge in [0.2, 0.25) is 0 Å². The van der Waals surface area contributed by atoms with E-state index in [4.69, 9.17) is 11.6 Å². The summed E-state index contributed by atoms with van der Waals surface area (Å²) in [7, 11) is 0. The Hall–Kier alpha value is -1.38. The molecule has 3 heteroatoms. The third kappa shape index (κ3) is 2.33. The fourth-order valence-electron chi connectivity index (χ4n) is 1.82. The van der Waals surface area contributed by atoms with Gasteiger partial charge in [-0.1, -0.05) is 29.8 Å². The first-order valence-corrected chi connectivity index (χ1v) is 5.83. The van der Waals surface area contributed by atoms with Gasteiger partial charge >= 0.3 is 0 Å². The number of hydrogen-bond acceptors (Lipinski definition) is 2. The molecule has 1 aromatic carbocycles. The summed E-state index contributed by atoms with van der Waals surface area (Å²) in [5, 5.41) is 10.8. The Bertz CT molecular complexity index is 539. The summed E-state index contributed by atoms with van der Waals surface area (Å²) >= 11 is 6.04. The maximum absolute atomic E-state index is 10.3. The number of halogens is 1. The number of rotatable bonds is 2. The van der Waals surface area contributed by atoms with Crippen molar-refractivity contribution in [1.29, 1.82) is 0 Å². The van der Waals surface area contributed by atoms with Gasteiger partial charge in [0.1, 0.15) is 6.10 Å². The third-order valence-electron chi connectivity index (χ3n) is 2.99. The van der Waals surface area contributed by atoms with E-state index in [2.05, 4.69) is 4.98 Å². The molecular weight excluding hydrogens is 234 g/mol. The van der Waals surface area contributed by atoms with E-state index in [0.29, 0.717) is 10.7 Å². The van der Waals surface area contributed by atoms with Crippen molar-refractivity contribution in [2.45, 2.75) is 20.0 Å². The van der Waals surface area contributed by atoms with Crippen molar-refractivity contribution >= 4 is 11.6 Å². The highest BCUT2D eigenvalue weighted by Crippen LogP contribution is 2.29. The highest BCUT2D eigenvalue weighted by Gasteiger charge is 2.17. The molecule has 0 aliphatic heterocycles. The third-order valence-corrected chi connectivity index (χ3v) is 3.31. The molecule has 0 amide bonds. The number of aryl methyl sites for hydroxylation is 1. The van der Waals surface area contributed by atoms with Gasteiger partial charge in [0.05, 0.1) is 10.7 Å². The zero-order chi connectivity index (χ0) is 12.4. The van der Waals surface area contributed by atoms with Crippen LogP contribution in [0.15, 0.2) is 36.5 Å². The smallest absolute Gasteiger partial charge is 0.123 e. The molecule has 0 saturated heterocycles. The van der Waals surface area contributed by atoms with E-state index in [-0.39, 0.29) is 0 Å². The quantitative estimate of drug-likeness (QED) is 0.882. The highest BCUT2D eigenvalue weighted by atomic mass is 35.5. The molecule has 17 heavy (non-hydrogen) atoms. The molecule has 2 aromatic rings. The second-order valence-corrected chi connectivity index (χ2v) is 4.47. The second-order valence-electron chi connectivity index (χ2n) is 4.06. The lowest BCUT2D eigenvalue weighted by atomic mass is 9.97. The number of hydrogen-bond donors (Lipinski definition) is 1. The van der Waals surface area contributed by atoms with E-state index in [0.717, 1.165) is 16.7 Å². The standard InChI is InChI=1S/C14H14ClNO/c1-9-5-3-6-11(10(9)2)14(17)13-12(15)7-4-8-16-13/h3-8,14,17H,1-2H3. The van der Waals surface area contributed by atoms with Gasteiger partial charge in [-0.15, -0.1) is 0 Å². The van der Waals surface area contributed by atoms with Gasteiger partial charge in [0.15, 0.2) is 0 Å². The Kier molecular flexibility index (Phi) is 3.46. The Morgan fingerprint density at radius 2 is 1.94 bits per heavy atom. The zero-order valence-corrected chi connectivity index (χ0v) is 10.6. The fraction of sp³-hybridized carbons (Fsp3) is 0.214. The molecule has 88 valence electrons. The summed E-state index contributed by atoms with van der Waals surface area (Å²) in [5.41, 5.74) is 3.57. The van der Waals surface area contributed by atoms with Gasteiger partial charge < -0.3 is 5.11 Å². The van der Waals surface area contributed by atoms with E-state index in [9.17, 15) is 5.11 Å². The minimum absolute atomic E-state index is 0.487. The number of aromatic nitrogens is 1. The van der Waals surface area contributed by atoms with Gasteiger partial charge in [0.25, 0.3) is 0 Å². The van der Waals surface area contributed by atoms with E-state index in [1.807, 2.05) is 32.0 Å². The van der Waals surface area contributed by atoms with Gasteiger partial charge in [-0.25, -0.2) is 0 Å². The predicted molar refractivity (Wildman–Crippen MR) is 69.2 cm³/mol. The minimum Gasteiger partial charge on any atom is -0.382 e. The molecule has 0 spiro atoms. The van der Waals surface area contributed by atoms with Crippen LogP contribution in [-0.4, -0.2) is 10.1 Å². The largest absolute Gasteiger partial charge is 0.382 e. The fourth-order valence-corrected chi connectivity index (χ4v) is 2.04. The summed E-state index contributed by atoms with van der Waals surface area (Å²) in [4.78, 5) is 4.14. The Balaban J connectivity index is 2.48. The first kappa shape index (κ1) is 12.1. The monoisotopic (exact) mass is 247 g/mol. The van der Waals surface area contributed by atoms with Crippen LogP contribution in [0, 0.1) is 13.8 Å². The molecular formula is C14H14ClNO. The molecule has 1 N–H and O–H groups in total. The summed E-state index contributed by atoms with van der Waals surface area (Å²) < 4.78 is 0. The van der Waals surface area contributed by atoms with Crippen LogP contribution in [0.3, 0.4) is 0 Å². The lowest BCUT2D eigenvalue weighted by Gasteiger charge is -2.15. The van der Waals surface area contributed by atoms with Crippen LogP contribution < -0.4 is 0 Å². The lowest BCUT2D eigenvalue weighted by Crippen LogP contribution is -2.05. The molecule has 2 nitrogen and oxygen atoms in total. The van der Waals surface area contributed by atoms with Crippen LogP contribution in [0.1, 0.15) is 28.5 Å². The number of benzene rings is 1. The summed E-state index contributed by atoms with van der Waals surface area (Å²) in [6, 6.07) is 9.33. The molecule has 0 aliphatic rings. The zero-order valence-electron chi connectivity index (χ0n) is 9.81. The van der Waals surface area contributed by atoms with Crippen LogP contribution >= 0.6 is 11.6 Å². The van der Waals surface area contributed by atoms with Crippen LogP contribution in [-0.2, 0) is 0 Å². The Morgan fingerprint density at radius 1 is 1.18 bits per heavy atom. The van der Waals surface area contributed by atoms with Gasteiger partial charge in [0, 0.05) is 6.20 Å². The summed E-state index contributed by atoms with van der Waals surface area (Å²) in [5.74, 6) is 0. The van der Waals surface area contributed by atoms with Gasteiger partial charge in [-0.3, -0.25) is 4.98 Å². The van der Waals surface area contributed by atoms with Crippen LogP contribution in [0.25, 0.3) is 0 Å². The first-order chi connectivity index (χ1) is 8.11. The Morgan fingerprint density at radius 3 is 2.65 bits per heavy atom. The molecule has 2 rings (SSSR count). The van der Waals surface area contributed by atoms with Crippen molar-refractivity contribution in [2.24, 2.45) is 0 Å². The normalized spacial score (nSPS) is 12.5. The maximum Gasteiger partial charge on any atom is 0.123 e. The molecule has 0 saturated carbocycles. The molecule has 0 bridgehead atoms. The molecule has 1 heterocycles. The van der Waals surface area contributed by atoms with E-state index < -0.39 is 6.10 Å². The number of pyridine rings is 1. The molecule has 1 unspecified atom stereocenters. The van der Waals surface area contributed by atoms with Gasteiger partial charge in [-0.05, 0) is 42.7 Å². The molecule has 1 aromatic heterocycles. The second kappa shape index (κ2) is 4.86. The van der Waals surface area contributed by atoms with Crippen molar-refractivity contribution in [1.82, 2.24) is 4.98 Å². The van der Waals surface area contributed by atoms with E-state index in [1.165, 1.54) is 0 Å². The van der Waals surface area contributed by atoms with Crippen molar-refractivity contribution in [3.63, 3.8) is 0 Å². The summed E-state index contributed by atoms with van der Waals surface area (Å²) in [6.07, 6.45) is 0.860. The average molecular weight is 248 g/mol. The SMILES string of the molecule is Cc1cccc(C(O)c2ncccc2Cl)c1C. The van der Waals surface area contributed by atoms with Crippen molar-refractivity contribution in [3.05, 3.63) is 63.9 Å². The first-order valence-electron chi connectivity index (χ1n) is 5.46. The number of nitrogens with zero attached hydrogens (tertiary/aromatic N) is 1. The molecule has 0 aliphatic carbocycles. The Labute approximate surface area is 106 Å². The van der Waals surface area contributed by atoms with Crippen molar-refractivity contribution in [2.75, 3.05) is 0 Å². The molecule has 0 radical (unpaired) electrons. The lowest BCUT2D eigenvalue weighted by molar-refractivity contribution is 0.214. The van der Waals surface area contributed by atoms with E-state index >= 15 is 0 Å². The highest BCUT2D eigenvalue weighted by molar-refractivity contribution is 6.31. The number of aliphatic hydroxyl groups is 1. The predicted octanol–water partition coefficient (Wildman–Crippen LogP) is 3.43. The van der Waals surface area contributed by atoms with Crippen LogP contribution in [0.2, 0.25) is 5.02 Å². The van der Waals surface area contributed by atoms with Crippen molar-refractivity contribution < 1.29 is 5.11 Å². The van der Waals surface area contributed by atoms with Gasteiger partial charge in [-0.2, -0.15) is 0 Å².